The largest absolute Gasteiger partial charge is 0.384 e. The molecule has 0 atom stereocenters. The highest BCUT2D eigenvalue weighted by Crippen LogP contribution is 2.29. The third kappa shape index (κ3) is 3.83. The Morgan fingerprint density at radius 2 is 2.30 bits per heavy atom. The van der Waals surface area contributed by atoms with Gasteiger partial charge in [-0.25, -0.2) is 0 Å². The Kier molecular flexibility index (Phi) is 5.18. The summed E-state index contributed by atoms with van der Waals surface area (Å²) >= 11 is 1.37. The topological polar surface area (TPSA) is 58.6 Å². The van der Waals surface area contributed by atoms with Crippen LogP contribution in [0, 0.1) is 17.3 Å². The zero-order valence-electron chi connectivity index (χ0n) is 11.6. The van der Waals surface area contributed by atoms with Crippen LogP contribution in [0.1, 0.15) is 35.0 Å². The molecule has 2 heterocycles. The lowest BCUT2D eigenvalue weighted by molar-refractivity contribution is 0.0239. The predicted octanol–water partition coefficient (Wildman–Crippen LogP) is 1.64. The molecule has 1 saturated heterocycles. The van der Waals surface area contributed by atoms with Crippen molar-refractivity contribution in [2.45, 2.75) is 19.8 Å². The van der Waals surface area contributed by atoms with Gasteiger partial charge in [-0.2, -0.15) is 0 Å². The monoisotopic (exact) mass is 293 g/mol. The Bertz CT molecular complexity index is 521. The third-order valence-electron chi connectivity index (χ3n) is 3.55. The summed E-state index contributed by atoms with van der Waals surface area (Å²) < 4.78 is 5.35. The molecule has 20 heavy (non-hydrogen) atoms. The summed E-state index contributed by atoms with van der Waals surface area (Å²) in [6.07, 6.45) is 1.93. The maximum atomic E-state index is 12.2. The van der Waals surface area contributed by atoms with Crippen LogP contribution in [0.5, 0.6) is 0 Å². The van der Waals surface area contributed by atoms with Gasteiger partial charge in [0.25, 0.3) is 5.91 Å². The van der Waals surface area contributed by atoms with Crippen molar-refractivity contribution in [2.75, 3.05) is 26.4 Å². The van der Waals surface area contributed by atoms with Crippen LogP contribution in [0.15, 0.2) is 11.4 Å². The molecule has 4 nitrogen and oxygen atoms in total. The van der Waals surface area contributed by atoms with Crippen molar-refractivity contribution >= 4 is 17.2 Å². The molecule has 5 heteroatoms. The molecular formula is C15H19NO3S. The number of hydrogen-bond acceptors (Lipinski definition) is 4. The molecule has 1 aromatic heterocycles. The fourth-order valence-electron chi connectivity index (χ4n) is 2.13. The van der Waals surface area contributed by atoms with E-state index in [4.69, 9.17) is 9.84 Å². The van der Waals surface area contributed by atoms with Crippen molar-refractivity contribution in [2.24, 2.45) is 5.41 Å². The van der Waals surface area contributed by atoms with Gasteiger partial charge in [0.15, 0.2) is 0 Å². The van der Waals surface area contributed by atoms with E-state index in [1.54, 1.807) is 6.07 Å². The average molecular weight is 293 g/mol. The highest BCUT2D eigenvalue weighted by molar-refractivity contribution is 7.12. The average Bonchev–Trinajstić information content (AvgIpc) is 2.92. The number of rotatable bonds is 3. The number of thiophene rings is 1. The summed E-state index contributed by atoms with van der Waals surface area (Å²) in [4.78, 5) is 12.8. The van der Waals surface area contributed by atoms with Gasteiger partial charge < -0.3 is 15.2 Å². The standard InChI is InChI=1S/C15H19NO3S/c1-15(5-8-19-9-6-15)11-16-14(18)13-12(3-2-7-17)4-10-20-13/h4,10,17H,5-9,11H2,1H3,(H,16,18). The molecule has 1 aromatic rings. The van der Waals surface area contributed by atoms with Gasteiger partial charge in [-0.1, -0.05) is 18.8 Å². The lowest BCUT2D eigenvalue weighted by atomic mass is 9.82. The first-order chi connectivity index (χ1) is 9.64. The summed E-state index contributed by atoms with van der Waals surface area (Å²) in [5, 5.41) is 13.6. The van der Waals surface area contributed by atoms with Crippen molar-refractivity contribution < 1.29 is 14.6 Å². The van der Waals surface area contributed by atoms with Crippen LogP contribution in [0.3, 0.4) is 0 Å². The molecule has 0 aromatic carbocycles. The summed E-state index contributed by atoms with van der Waals surface area (Å²) in [5.74, 6) is 5.29. The summed E-state index contributed by atoms with van der Waals surface area (Å²) in [5.41, 5.74) is 0.793. The van der Waals surface area contributed by atoms with E-state index in [1.807, 2.05) is 5.38 Å². The van der Waals surface area contributed by atoms with E-state index in [0.29, 0.717) is 17.0 Å². The van der Waals surface area contributed by atoms with Gasteiger partial charge in [0.1, 0.15) is 11.5 Å². The van der Waals surface area contributed by atoms with Crippen LogP contribution >= 0.6 is 11.3 Å². The Hall–Kier alpha value is -1.35. The van der Waals surface area contributed by atoms with E-state index in [2.05, 4.69) is 24.1 Å². The molecule has 0 radical (unpaired) electrons. The van der Waals surface area contributed by atoms with Crippen molar-refractivity contribution in [1.29, 1.82) is 0 Å². The van der Waals surface area contributed by atoms with E-state index in [1.165, 1.54) is 11.3 Å². The van der Waals surface area contributed by atoms with Gasteiger partial charge in [-0.05, 0) is 29.7 Å². The maximum Gasteiger partial charge on any atom is 0.262 e. The minimum atomic E-state index is -0.199. The first-order valence-electron chi connectivity index (χ1n) is 6.68. The van der Waals surface area contributed by atoms with E-state index in [9.17, 15) is 4.79 Å². The highest BCUT2D eigenvalue weighted by atomic mass is 32.1. The molecule has 0 saturated carbocycles. The highest BCUT2D eigenvalue weighted by Gasteiger charge is 2.28. The molecule has 0 bridgehead atoms. The Morgan fingerprint density at radius 1 is 1.55 bits per heavy atom. The lowest BCUT2D eigenvalue weighted by Gasteiger charge is -2.33. The number of aliphatic hydroxyl groups is 1. The summed E-state index contributed by atoms with van der Waals surface area (Å²) in [7, 11) is 0. The fraction of sp³-hybridized carbons (Fsp3) is 0.533. The van der Waals surface area contributed by atoms with Crippen LogP contribution in [0.4, 0.5) is 0 Å². The first kappa shape index (κ1) is 15.0. The SMILES string of the molecule is CC1(CNC(=O)c2sccc2C#CCO)CCOCC1. The van der Waals surface area contributed by atoms with Crippen LogP contribution < -0.4 is 5.32 Å². The molecule has 2 N–H and O–H groups in total. The Morgan fingerprint density at radius 3 is 3.00 bits per heavy atom. The number of nitrogens with one attached hydrogen (secondary N) is 1. The minimum absolute atomic E-state index is 0.0880. The Balaban J connectivity index is 1.96. The van der Waals surface area contributed by atoms with Gasteiger partial charge in [-0.15, -0.1) is 11.3 Å². The molecule has 108 valence electrons. The third-order valence-corrected chi connectivity index (χ3v) is 4.46. The number of carbonyl (C=O) groups excluding carboxylic acids is 1. The van der Waals surface area contributed by atoms with Crippen molar-refractivity contribution in [3.05, 3.63) is 21.9 Å². The Labute approximate surface area is 123 Å². The quantitative estimate of drug-likeness (QED) is 0.833. The zero-order valence-corrected chi connectivity index (χ0v) is 12.4. The van der Waals surface area contributed by atoms with Gasteiger partial charge in [0.05, 0.1) is 0 Å². The number of aliphatic hydroxyl groups excluding tert-OH is 1. The minimum Gasteiger partial charge on any atom is -0.384 e. The van der Waals surface area contributed by atoms with Crippen LogP contribution in [0.2, 0.25) is 0 Å². The zero-order chi connectivity index (χ0) is 14.4. The first-order valence-corrected chi connectivity index (χ1v) is 7.56. The molecule has 0 spiro atoms. The second kappa shape index (κ2) is 6.89. The molecule has 0 aliphatic carbocycles. The molecule has 1 aliphatic heterocycles. The molecule has 0 unspecified atom stereocenters. The van der Waals surface area contributed by atoms with Crippen LogP contribution in [-0.2, 0) is 4.74 Å². The lowest BCUT2D eigenvalue weighted by Crippen LogP contribution is -2.39. The number of carbonyl (C=O) groups is 1. The molecule has 1 aliphatic rings. The van der Waals surface area contributed by atoms with Crippen molar-refractivity contribution in [3.63, 3.8) is 0 Å². The smallest absolute Gasteiger partial charge is 0.262 e. The van der Waals surface area contributed by atoms with Crippen LogP contribution in [0.25, 0.3) is 0 Å². The second-order valence-electron chi connectivity index (χ2n) is 5.23. The molecule has 1 amide bonds. The van der Waals surface area contributed by atoms with Crippen molar-refractivity contribution in [3.8, 4) is 11.8 Å². The van der Waals surface area contributed by atoms with E-state index < -0.39 is 0 Å². The molecule has 1 fully saturated rings. The predicted molar refractivity (Wildman–Crippen MR) is 78.8 cm³/mol. The molecular weight excluding hydrogens is 274 g/mol. The van der Waals surface area contributed by atoms with E-state index in [-0.39, 0.29) is 17.9 Å². The van der Waals surface area contributed by atoms with E-state index in [0.717, 1.165) is 26.1 Å². The van der Waals surface area contributed by atoms with Crippen LogP contribution in [-0.4, -0.2) is 37.4 Å². The van der Waals surface area contributed by atoms with Crippen molar-refractivity contribution in [1.82, 2.24) is 5.32 Å². The second-order valence-corrected chi connectivity index (χ2v) is 6.15. The van der Waals surface area contributed by atoms with Gasteiger partial charge in [-0.3, -0.25) is 4.79 Å². The maximum absolute atomic E-state index is 12.2. The van der Waals surface area contributed by atoms with Gasteiger partial charge in [0, 0.05) is 25.3 Å². The number of hydrogen-bond donors (Lipinski definition) is 2. The normalized spacial score (nSPS) is 17.1. The van der Waals surface area contributed by atoms with E-state index >= 15 is 0 Å². The molecule has 2 rings (SSSR count). The summed E-state index contributed by atoms with van der Waals surface area (Å²) in [6.45, 7) is 4.16. The fourth-order valence-corrected chi connectivity index (χ4v) is 2.90. The number of amides is 1. The van der Waals surface area contributed by atoms with Gasteiger partial charge >= 0.3 is 0 Å². The summed E-state index contributed by atoms with van der Waals surface area (Å²) in [6, 6.07) is 1.80. The number of ether oxygens (including phenoxy) is 1. The van der Waals surface area contributed by atoms with Gasteiger partial charge in [0.2, 0.25) is 0 Å².